The van der Waals surface area contributed by atoms with Gasteiger partial charge in [0.2, 0.25) is 0 Å². The summed E-state index contributed by atoms with van der Waals surface area (Å²) in [6.45, 7) is 0. The molecule has 2 aromatic carbocycles. The molecule has 2 aromatic rings. The monoisotopic (exact) mass is 331 g/mol. The van der Waals surface area contributed by atoms with Crippen LogP contribution < -0.4 is 9.46 Å². The van der Waals surface area contributed by atoms with Crippen molar-refractivity contribution in [3.8, 4) is 5.75 Å². The molecule has 0 aliphatic heterocycles. The van der Waals surface area contributed by atoms with Crippen LogP contribution in [0.15, 0.2) is 47.4 Å². The summed E-state index contributed by atoms with van der Waals surface area (Å²) in [4.78, 5) is 0.106. The molecule has 0 aromatic heterocycles. The second kappa shape index (κ2) is 5.91. The van der Waals surface area contributed by atoms with E-state index in [2.05, 4.69) is 4.72 Å². The van der Waals surface area contributed by atoms with Crippen LogP contribution in [0.25, 0.3) is 0 Å². The zero-order chi connectivity index (χ0) is 14.8. The minimum absolute atomic E-state index is 0.106. The van der Waals surface area contributed by atoms with E-state index in [9.17, 15) is 8.42 Å². The van der Waals surface area contributed by atoms with Crippen LogP contribution in [-0.2, 0) is 10.0 Å². The van der Waals surface area contributed by atoms with Crippen molar-refractivity contribution in [2.75, 3.05) is 11.8 Å². The molecule has 7 heteroatoms. The van der Waals surface area contributed by atoms with Crippen LogP contribution in [0.5, 0.6) is 5.75 Å². The van der Waals surface area contributed by atoms with E-state index in [4.69, 9.17) is 27.9 Å². The predicted molar refractivity (Wildman–Crippen MR) is 80.3 cm³/mol. The Bertz CT molecular complexity index is 715. The van der Waals surface area contributed by atoms with Crippen LogP contribution >= 0.6 is 23.2 Å². The number of methoxy groups -OCH3 is 1. The van der Waals surface area contributed by atoms with Gasteiger partial charge < -0.3 is 4.74 Å². The zero-order valence-corrected chi connectivity index (χ0v) is 12.8. The fourth-order valence-electron chi connectivity index (χ4n) is 1.54. The molecule has 0 heterocycles. The summed E-state index contributed by atoms with van der Waals surface area (Å²) < 4.78 is 31.8. The van der Waals surface area contributed by atoms with Gasteiger partial charge in [0.1, 0.15) is 5.75 Å². The predicted octanol–water partition coefficient (Wildman–Crippen LogP) is 3.80. The third-order valence-electron chi connectivity index (χ3n) is 2.57. The van der Waals surface area contributed by atoms with E-state index in [0.717, 1.165) is 0 Å². The van der Waals surface area contributed by atoms with Gasteiger partial charge in [0.15, 0.2) is 0 Å². The molecule has 20 heavy (non-hydrogen) atoms. The molecule has 1 N–H and O–H groups in total. The largest absolute Gasteiger partial charge is 0.497 e. The SMILES string of the molecule is COc1ccc(S(=O)(=O)Nc2cccc(Cl)c2Cl)cc1. The normalized spacial score (nSPS) is 11.2. The maximum absolute atomic E-state index is 12.2. The Morgan fingerprint density at radius 1 is 1.05 bits per heavy atom. The maximum atomic E-state index is 12.2. The van der Waals surface area contributed by atoms with Gasteiger partial charge in [0.05, 0.1) is 27.7 Å². The van der Waals surface area contributed by atoms with Gasteiger partial charge in [0.25, 0.3) is 10.0 Å². The third-order valence-corrected chi connectivity index (χ3v) is 4.77. The number of rotatable bonds is 4. The number of sulfonamides is 1. The lowest BCUT2D eigenvalue weighted by Gasteiger charge is -2.10. The van der Waals surface area contributed by atoms with E-state index in [1.807, 2.05) is 0 Å². The van der Waals surface area contributed by atoms with Gasteiger partial charge in [-0.15, -0.1) is 0 Å². The number of benzene rings is 2. The highest BCUT2D eigenvalue weighted by Gasteiger charge is 2.16. The van der Waals surface area contributed by atoms with Crippen molar-refractivity contribution in [3.05, 3.63) is 52.5 Å². The quantitative estimate of drug-likeness (QED) is 0.926. The van der Waals surface area contributed by atoms with Gasteiger partial charge in [-0.2, -0.15) is 0 Å². The lowest BCUT2D eigenvalue weighted by Crippen LogP contribution is -2.13. The second-order valence-corrected chi connectivity index (χ2v) is 6.35. The first-order valence-corrected chi connectivity index (χ1v) is 7.79. The van der Waals surface area contributed by atoms with E-state index in [1.165, 1.54) is 25.3 Å². The molecule has 4 nitrogen and oxygen atoms in total. The number of ether oxygens (including phenoxy) is 1. The minimum atomic E-state index is -3.73. The van der Waals surface area contributed by atoms with Crippen LogP contribution in [0.3, 0.4) is 0 Å². The number of halogens is 2. The molecule has 0 saturated heterocycles. The molecular weight excluding hydrogens is 321 g/mol. The summed E-state index contributed by atoms with van der Waals surface area (Å²) in [5.74, 6) is 0.574. The van der Waals surface area contributed by atoms with Crippen molar-refractivity contribution in [1.29, 1.82) is 0 Å². The Balaban J connectivity index is 2.33. The van der Waals surface area contributed by atoms with Crippen molar-refractivity contribution in [2.24, 2.45) is 0 Å². The van der Waals surface area contributed by atoms with Crippen LogP contribution in [0, 0.1) is 0 Å². The summed E-state index contributed by atoms with van der Waals surface area (Å²) in [5, 5.41) is 0.438. The van der Waals surface area contributed by atoms with Crippen molar-refractivity contribution in [3.63, 3.8) is 0 Å². The molecule has 106 valence electrons. The van der Waals surface area contributed by atoms with Gasteiger partial charge >= 0.3 is 0 Å². The lowest BCUT2D eigenvalue weighted by atomic mass is 10.3. The van der Waals surface area contributed by atoms with E-state index in [1.54, 1.807) is 24.3 Å². The molecule has 0 atom stereocenters. The Morgan fingerprint density at radius 3 is 2.30 bits per heavy atom. The zero-order valence-electron chi connectivity index (χ0n) is 10.4. The number of hydrogen-bond acceptors (Lipinski definition) is 3. The van der Waals surface area contributed by atoms with E-state index in [-0.39, 0.29) is 20.6 Å². The smallest absolute Gasteiger partial charge is 0.261 e. The maximum Gasteiger partial charge on any atom is 0.261 e. The van der Waals surface area contributed by atoms with Crippen molar-refractivity contribution < 1.29 is 13.2 Å². The van der Waals surface area contributed by atoms with Gasteiger partial charge in [-0.05, 0) is 36.4 Å². The molecule has 0 unspecified atom stereocenters. The topological polar surface area (TPSA) is 55.4 Å². The Kier molecular flexibility index (Phi) is 4.42. The molecular formula is C13H11Cl2NO3S. The first-order chi connectivity index (χ1) is 9.44. The fourth-order valence-corrected chi connectivity index (χ4v) is 3.02. The van der Waals surface area contributed by atoms with E-state index >= 15 is 0 Å². The number of hydrogen-bond donors (Lipinski definition) is 1. The molecule has 0 aliphatic carbocycles. The molecule has 0 aliphatic rings. The van der Waals surface area contributed by atoms with Gasteiger partial charge in [-0.3, -0.25) is 4.72 Å². The first kappa shape index (κ1) is 15.0. The van der Waals surface area contributed by atoms with Crippen LogP contribution in [-0.4, -0.2) is 15.5 Å². The molecule has 0 bridgehead atoms. The van der Waals surface area contributed by atoms with Crippen LogP contribution in [0.1, 0.15) is 0 Å². The summed E-state index contributed by atoms with van der Waals surface area (Å²) in [6, 6.07) is 10.7. The molecule has 0 saturated carbocycles. The molecule has 2 rings (SSSR count). The highest BCUT2D eigenvalue weighted by Crippen LogP contribution is 2.31. The van der Waals surface area contributed by atoms with E-state index in [0.29, 0.717) is 5.75 Å². The Hall–Kier alpha value is -1.43. The highest BCUT2D eigenvalue weighted by atomic mass is 35.5. The van der Waals surface area contributed by atoms with Crippen LogP contribution in [0.2, 0.25) is 10.0 Å². The molecule has 0 radical (unpaired) electrons. The number of nitrogens with one attached hydrogen (secondary N) is 1. The van der Waals surface area contributed by atoms with Gasteiger partial charge in [0, 0.05) is 0 Å². The first-order valence-electron chi connectivity index (χ1n) is 5.55. The standard InChI is InChI=1S/C13H11Cl2NO3S/c1-19-9-5-7-10(8-6-9)20(17,18)16-12-4-2-3-11(14)13(12)15/h2-8,16H,1H3. The molecule has 0 spiro atoms. The number of anilines is 1. The minimum Gasteiger partial charge on any atom is -0.497 e. The van der Waals surface area contributed by atoms with Gasteiger partial charge in [-0.1, -0.05) is 29.3 Å². The molecule has 0 amide bonds. The van der Waals surface area contributed by atoms with Crippen molar-refractivity contribution in [1.82, 2.24) is 0 Å². The van der Waals surface area contributed by atoms with Crippen molar-refractivity contribution in [2.45, 2.75) is 4.90 Å². The summed E-state index contributed by atoms with van der Waals surface area (Å²) >= 11 is 11.8. The Labute approximate surface area is 127 Å². The van der Waals surface area contributed by atoms with Crippen LogP contribution in [0.4, 0.5) is 5.69 Å². The van der Waals surface area contributed by atoms with Gasteiger partial charge in [-0.25, -0.2) is 8.42 Å². The highest BCUT2D eigenvalue weighted by molar-refractivity contribution is 7.92. The summed E-state index contributed by atoms with van der Waals surface area (Å²) in [6.07, 6.45) is 0. The van der Waals surface area contributed by atoms with E-state index < -0.39 is 10.0 Å². The average Bonchev–Trinajstić information content (AvgIpc) is 2.44. The summed E-state index contributed by atoms with van der Waals surface area (Å²) in [7, 11) is -2.22. The summed E-state index contributed by atoms with van der Waals surface area (Å²) in [5.41, 5.74) is 0.231. The molecule has 0 fully saturated rings. The lowest BCUT2D eigenvalue weighted by molar-refractivity contribution is 0.414. The fraction of sp³-hybridized carbons (Fsp3) is 0.0769. The second-order valence-electron chi connectivity index (χ2n) is 3.88. The van der Waals surface area contributed by atoms with Crippen molar-refractivity contribution >= 4 is 38.9 Å². The third kappa shape index (κ3) is 3.17. The Morgan fingerprint density at radius 2 is 1.70 bits per heavy atom. The average molecular weight is 332 g/mol.